The van der Waals surface area contributed by atoms with Crippen molar-refractivity contribution in [3.8, 4) is 0 Å². The van der Waals surface area contributed by atoms with Crippen molar-refractivity contribution in [2.75, 3.05) is 31.2 Å². The van der Waals surface area contributed by atoms with Crippen molar-refractivity contribution in [1.82, 2.24) is 9.66 Å². The lowest BCUT2D eigenvalue weighted by molar-refractivity contribution is 0.123. The van der Waals surface area contributed by atoms with Gasteiger partial charge in [0.2, 0.25) is 0 Å². The molecule has 1 fully saturated rings. The maximum atomic E-state index is 12.5. The number of hydrogen-bond donors (Lipinski definition) is 0. The number of rotatable bonds is 4. The Morgan fingerprint density at radius 1 is 1.32 bits per heavy atom. The lowest BCUT2D eigenvalue weighted by Gasteiger charge is -2.27. The number of aryl methyl sites for hydroxylation is 1. The van der Waals surface area contributed by atoms with Crippen molar-refractivity contribution in [2.45, 2.75) is 13.3 Å². The second-order valence-electron chi connectivity index (χ2n) is 5.70. The van der Waals surface area contributed by atoms with Crippen LogP contribution in [0, 0.1) is 0 Å². The van der Waals surface area contributed by atoms with E-state index in [1.807, 2.05) is 12.1 Å². The maximum Gasteiger partial charge on any atom is 0.282 e. The summed E-state index contributed by atoms with van der Waals surface area (Å²) < 4.78 is 6.69. The third-order valence-corrected chi connectivity index (χ3v) is 6.35. The van der Waals surface area contributed by atoms with E-state index in [4.69, 9.17) is 4.74 Å². The summed E-state index contributed by atoms with van der Waals surface area (Å²) >= 11 is 3.23. The van der Waals surface area contributed by atoms with Crippen molar-refractivity contribution < 1.29 is 4.74 Å². The predicted octanol–water partition coefficient (Wildman–Crippen LogP) is 2.80. The third kappa shape index (κ3) is 3.37. The van der Waals surface area contributed by atoms with E-state index in [-0.39, 0.29) is 5.56 Å². The number of morpholine rings is 1. The highest BCUT2D eigenvalue weighted by molar-refractivity contribution is 7.18. The number of hydrogen-bond acceptors (Lipinski definition) is 7. The molecule has 0 radical (unpaired) electrons. The second kappa shape index (κ2) is 7.07. The summed E-state index contributed by atoms with van der Waals surface area (Å²) in [6.45, 7) is 5.43. The molecule has 4 heterocycles. The van der Waals surface area contributed by atoms with Crippen LogP contribution >= 0.6 is 22.7 Å². The first-order chi connectivity index (χ1) is 12.2. The van der Waals surface area contributed by atoms with Crippen LogP contribution in [-0.2, 0) is 11.2 Å². The van der Waals surface area contributed by atoms with Gasteiger partial charge in [-0.1, -0.05) is 6.92 Å². The minimum atomic E-state index is -0.123. The molecule has 0 saturated carbocycles. The summed E-state index contributed by atoms with van der Waals surface area (Å²) in [6.07, 6.45) is 4.12. The Hall–Kier alpha value is -2.03. The molecule has 6 nitrogen and oxygen atoms in total. The largest absolute Gasteiger partial charge is 0.378 e. The van der Waals surface area contributed by atoms with Gasteiger partial charge in [0.15, 0.2) is 0 Å². The Morgan fingerprint density at radius 2 is 2.16 bits per heavy atom. The normalized spacial score (nSPS) is 15.5. The van der Waals surface area contributed by atoms with Gasteiger partial charge in [-0.2, -0.15) is 9.78 Å². The van der Waals surface area contributed by atoms with Crippen LogP contribution in [0.5, 0.6) is 0 Å². The van der Waals surface area contributed by atoms with E-state index in [1.54, 1.807) is 28.9 Å². The molecule has 0 aliphatic carbocycles. The molecule has 0 unspecified atom stereocenters. The highest BCUT2D eigenvalue weighted by atomic mass is 32.1. The van der Waals surface area contributed by atoms with Crippen LogP contribution in [-0.4, -0.2) is 42.2 Å². The van der Waals surface area contributed by atoms with Crippen molar-refractivity contribution in [3.05, 3.63) is 44.6 Å². The summed E-state index contributed by atoms with van der Waals surface area (Å²) in [4.78, 5) is 22.1. The third-order valence-electron chi connectivity index (χ3n) is 4.08. The maximum absolute atomic E-state index is 12.5. The van der Waals surface area contributed by atoms with E-state index in [0.717, 1.165) is 47.3 Å². The molecule has 3 aromatic rings. The minimum Gasteiger partial charge on any atom is -0.378 e. The van der Waals surface area contributed by atoms with Crippen LogP contribution in [0.3, 0.4) is 0 Å². The fourth-order valence-corrected chi connectivity index (χ4v) is 4.55. The van der Waals surface area contributed by atoms with Gasteiger partial charge in [0.05, 0.1) is 29.8 Å². The van der Waals surface area contributed by atoms with Crippen molar-refractivity contribution in [2.24, 2.45) is 5.10 Å². The van der Waals surface area contributed by atoms with Gasteiger partial charge in [0.1, 0.15) is 11.2 Å². The summed E-state index contributed by atoms with van der Waals surface area (Å²) in [6, 6.07) is 6.03. The van der Waals surface area contributed by atoms with Crippen molar-refractivity contribution >= 4 is 44.1 Å². The monoisotopic (exact) mass is 374 g/mol. The van der Waals surface area contributed by atoms with Gasteiger partial charge < -0.3 is 9.64 Å². The van der Waals surface area contributed by atoms with Gasteiger partial charge in [-0.3, -0.25) is 4.79 Å². The smallest absolute Gasteiger partial charge is 0.282 e. The molecule has 25 heavy (non-hydrogen) atoms. The van der Waals surface area contributed by atoms with Crippen molar-refractivity contribution in [3.63, 3.8) is 0 Å². The van der Waals surface area contributed by atoms with Gasteiger partial charge in [-0.25, -0.2) is 4.98 Å². The van der Waals surface area contributed by atoms with Crippen LogP contribution in [0.15, 0.2) is 34.4 Å². The Kier molecular flexibility index (Phi) is 4.65. The molecule has 8 heteroatoms. The molecule has 4 rings (SSSR count). The number of nitrogens with zero attached hydrogens (tertiary/aromatic N) is 4. The van der Waals surface area contributed by atoms with Crippen LogP contribution in [0.4, 0.5) is 5.00 Å². The first kappa shape index (κ1) is 16.4. The topological polar surface area (TPSA) is 59.7 Å². The van der Waals surface area contributed by atoms with Gasteiger partial charge >= 0.3 is 0 Å². The van der Waals surface area contributed by atoms with Crippen LogP contribution < -0.4 is 10.5 Å². The fraction of sp³-hybridized carbons (Fsp3) is 0.353. The molecule has 1 aliphatic rings. The lowest BCUT2D eigenvalue weighted by atomic mass is 10.3. The summed E-state index contributed by atoms with van der Waals surface area (Å²) in [5, 5.41) is 6.15. The molecule has 0 aromatic carbocycles. The molecule has 3 aromatic heterocycles. The number of anilines is 1. The van der Waals surface area contributed by atoms with Gasteiger partial charge in [0.25, 0.3) is 5.56 Å². The Labute approximate surface area is 153 Å². The quantitative estimate of drug-likeness (QED) is 0.659. The zero-order valence-corrected chi connectivity index (χ0v) is 15.5. The minimum absolute atomic E-state index is 0.123. The zero-order chi connectivity index (χ0) is 17.2. The number of fused-ring (bicyclic) bond motifs is 1. The number of thiophene rings is 2. The molecule has 130 valence electrons. The van der Waals surface area contributed by atoms with E-state index in [0.29, 0.717) is 5.39 Å². The highest BCUT2D eigenvalue weighted by Gasteiger charge is 2.13. The molecule has 0 N–H and O–H groups in total. The van der Waals surface area contributed by atoms with Crippen LogP contribution in [0.2, 0.25) is 0 Å². The van der Waals surface area contributed by atoms with E-state index in [2.05, 4.69) is 28.0 Å². The molecule has 0 spiro atoms. The molecule has 1 saturated heterocycles. The Bertz CT molecular complexity index is 967. The van der Waals surface area contributed by atoms with Crippen LogP contribution in [0.25, 0.3) is 10.2 Å². The first-order valence-electron chi connectivity index (χ1n) is 8.21. The summed E-state index contributed by atoms with van der Waals surface area (Å²) in [5.41, 5.74) is -0.123. The SMILES string of the molecule is CCc1cc2c(=O)n(/N=C\c3ccc(N4CCOCC4)s3)cnc2s1. The lowest BCUT2D eigenvalue weighted by Crippen LogP contribution is -2.35. The Balaban J connectivity index is 1.57. The van der Waals surface area contributed by atoms with E-state index in [9.17, 15) is 4.79 Å². The Morgan fingerprint density at radius 3 is 2.96 bits per heavy atom. The zero-order valence-electron chi connectivity index (χ0n) is 13.8. The predicted molar refractivity (Wildman–Crippen MR) is 104 cm³/mol. The van der Waals surface area contributed by atoms with E-state index in [1.165, 1.54) is 16.0 Å². The van der Waals surface area contributed by atoms with Gasteiger partial charge in [0, 0.05) is 22.8 Å². The van der Waals surface area contributed by atoms with E-state index >= 15 is 0 Å². The fourth-order valence-electron chi connectivity index (χ4n) is 2.70. The average Bonchev–Trinajstić information content (AvgIpc) is 3.29. The second-order valence-corrected chi connectivity index (χ2v) is 7.91. The van der Waals surface area contributed by atoms with Gasteiger partial charge in [-0.15, -0.1) is 22.7 Å². The van der Waals surface area contributed by atoms with Crippen LogP contribution in [0.1, 0.15) is 16.7 Å². The molecule has 0 amide bonds. The molecule has 0 atom stereocenters. The molecule has 0 bridgehead atoms. The van der Waals surface area contributed by atoms with Gasteiger partial charge in [-0.05, 0) is 24.6 Å². The molecular weight excluding hydrogens is 356 g/mol. The number of ether oxygens (including phenoxy) is 1. The number of aromatic nitrogens is 2. The average molecular weight is 374 g/mol. The first-order valence-corrected chi connectivity index (χ1v) is 9.85. The highest BCUT2D eigenvalue weighted by Crippen LogP contribution is 2.25. The van der Waals surface area contributed by atoms with Crippen molar-refractivity contribution in [1.29, 1.82) is 0 Å². The van der Waals surface area contributed by atoms with E-state index < -0.39 is 0 Å². The summed E-state index contributed by atoms with van der Waals surface area (Å²) in [7, 11) is 0. The summed E-state index contributed by atoms with van der Waals surface area (Å²) in [5.74, 6) is 0. The standard InChI is InChI=1S/C17H18N4O2S2/c1-2-12-9-14-16(25-12)18-11-21(17(14)22)19-10-13-3-4-15(24-13)20-5-7-23-8-6-20/h3-4,9-11H,2,5-8H2,1H3/b19-10-. The molecule has 1 aliphatic heterocycles. The molecular formula is C17H18N4O2S2.